The minimum atomic E-state index is -1.12. The van der Waals surface area contributed by atoms with Gasteiger partial charge in [-0.2, -0.15) is 0 Å². The Labute approximate surface area is 190 Å². The quantitative estimate of drug-likeness (QED) is 0.231. The van der Waals surface area contributed by atoms with Gasteiger partial charge < -0.3 is 9.72 Å². The van der Waals surface area contributed by atoms with Crippen molar-refractivity contribution in [3.8, 4) is 11.3 Å². The summed E-state index contributed by atoms with van der Waals surface area (Å²) in [5.74, 6) is -1.34. The second-order valence-electron chi connectivity index (χ2n) is 6.74. The van der Waals surface area contributed by atoms with Crippen LogP contribution in [0.1, 0.15) is 17.4 Å². The molecule has 0 saturated heterocycles. The van der Waals surface area contributed by atoms with Crippen LogP contribution in [0.5, 0.6) is 0 Å². The molecule has 32 heavy (non-hydrogen) atoms. The van der Waals surface area contributed by atoms with Crippen molar-refractivity contribution in [2.75, 3.05) is 5.32 Å². The predicted molar refractivity (Wildman–Crippen MR) is 121 cm³/mol. The first-order valence-corrected chi connectivity index (χ1v) is 10.6. The third-order valence-corrected chi connectivity index (χ3v) is 5.74. The van der Waals surface area contributed by atoms with Crippen LogP contribution in [0.2, 0.25) is 5.02 Å². The molecule has 2 heterocycles. The molecule has 1 atom stereocenters. The van der Waals surface area contributed by atoms with Gasteiger partial charge in [0.1, 0.15) is 5.69 Å². The van der Waals surface area contributed by atoms with Crippen molar-refractivity contribution in [3.05, 3.63) is 74.7 Å². The zero-order valence-electron chi connectivity index (χ0n) is 16.5. The van der Waals surface area contributed by atoms with Gasteiger partial charge in [0.15, 0.2) is 11.2 Å². The van der Waals surface area contributed by atoms with Gasteiger partial charge in [-0.15, -0.1) is 11.3 Å². The SMILES string of the molecule is CC(OC(=O)c1[nH]c2ccccc2c1Cl)C(=O)Nc1nc(-c2cccc([N+](=O)[O-])c2)cs1. The Kier molecular flexibility index (Phi) is 5.89. The lowest BCUT2D eigenvalue weighted by atomic mass is 10.1. The molecule has 162 valence electrons. The number of nitrogens with zero attached hydrogens (tertiary/aromatic N) is 2. The van der Waals surface area contributed by atoms with E-state index in [9.17, 15) is 19.7 Å². The van der Waals surface area contributed by atoms with Crippen molar-refractivity contribution in [3.63, 3.8) is 0 Å². The third kappa shape index (κ3) is 4.32. The molecular formula is C21H15ClN4O5S. The molecule has 4 rings (SSSR count). The van der Waals surface area contributed by atoms with E-state index in [1.165, 1.54) is 19.1 Å². The molecule has 0 spiro atoms. The number of esters is 1. The fraction of sp³-hybridized carbons (Fsp3) is 0.0952. The number of thiazole rings is 1. The minimum absolute atomic E-state index is 0.0581. The number of amides is 1. The molecule has 0 aliphatic heterocycles. The van der Waals surface area contributed by atoms with Gasteiger partial charge >= 0.3 is 5.97 Å². The second-order valence-corrected chi connectivity index (χ2v) is 7.98. The number of ether oxygens (including phenoxy) is 1. The number of anilines is 1. The van der Waals surface area contributed by atoms with E-state index in [-0.39, 0.29) is 21.5 Å². The van der Waals surface area contributed by atoms with E-state index in [0.717, 1.165) is 11.3 Å². The number of carbonyl (C=O) groups excluding carboxylic acids is 2. The van der Waals surface area contributed by atoms with Crippen LogP contribution in [-0.2, 0) is 9.53 Å². The van der Waals surface area contributed by atoms with E-state index >= 15 is 0 Å². The maximum Gasteiger partial charge on any atom is 0.357 e. The molecule has 0 aliphatic carbocycles. The number of halogens is 1. The Hall–Kier alpha value is -3.76. The van der Waals surface area contributed by atoms with Crippen LogP contribution in [0.4, 0.5) is 10.8 Å². The van der Waals surface area contributed by atoms with Crippen LogP contribution in [-0.4, -0.2) is 32.9 Å². The van der Waals surface area contributed by atoms with Crippen LogP contribution >= 0.6 is 22.9 Å². The number of nitrogens with one attached hydrogen (secondary N) is 2. The zero-order chi connectivity index (χ0) is 22.8. The Bertz CT molecular complexity index is 1350. The maximum atomic E-state index is 12.5. The number of para-hydroxylation sites is 1. The summed E-state index contributed by atoms with van der Waals surface area (Å²) in [4.78, 5) is 42.6. The Balaban J connectivity index is 1.43. The average molecular weight is 471 g/mol. The third-order valence-electron chi connectivity index (χ3n) is 4.59. The highest BCUT2D eigenvalue weighted by Gasteiger charge is 2.24. The standard InChI is InChI=1S/C21H15ClN4O5S/c1-11(31-20(28)18-17(22)14-7-2-3-8-15(14)23-18)19(27)25-21-24-16(10-32-21)12-5-4-6-13(9-12)26(29)30/h2-11,23H,1H3,(H,24,25,27). The molecule has 1 amide bonds. The number of non-ortho nitro benzene ring substituents is 1. The number of fused-ring (bicyclic) bond motifs is 1. The lowest BCUT2D eigenvalue weighted by molar-refractivity contribution is -0.384. The van der Waals surface area contributed by atoms with Crippen molar-refractivity contribution in [1.82, 2.24) is 9.97 Å². The predicted octanol–water partition coefficient (Wildman–Crippen LogP) is 5.04. The monoisotopic (exact) mass is 470 g/mol. The summed E-state index contributed by atoms with van der Waals surface area (Å²) in [6.45, 7) is 1.43. The van der Waals surface area contributed by atoms with Gasteiger partial charge in [0, 0.05) is 34.0 Å². The van der Waals surface area contributed by atoms with E-state index in [1.807, 2.05) is 0 Å². The first-order valence-electron chi connectivity index (χ1n) is 9.32. The molecule has 2 aromatic heterocycles. The molecule has 1 unspecified atom stereocenters. The van der Waals surface area contributed by atoms with Crippen LogP contribution < -0.4 is 5.32 Å². The highest BCUT2D eigenvalue weighted by molar-refractivity contribution is 7.14. The number of nitro groups is 1. The molecule has 0 fully saturated rings. The molecule has 11 heteroatoms. The molecule has 0 radical (unpaired) electrons. The molecule has 0 aliphatic rings. The second kappa shape index (κ2) is 8.77. The van der Waals surface area contributed by atoms with Crippen molar-refractivity contribution in [2.24, 2.45) is 0 Å². The van der Waals surface area contributed by atoms with Crippen molar-refractivity contribution in [1.29, 1.82) is 0 Å². The number of benzene rings is 2. The number of aromatic nitrogens is 2. The summed E-state index contributed by atoms with van der Waals surface area (Å²) in [6, 6.07) is 13.2. The van der Waals surface area contributed by atoms with E-state index in [4.69, 9.17) is 16.3 Å². The molecule has 9 nitrogen and oxygen atoms in total. The van der Waals surface area contributed by atoms with E-state index < -0.39 is 22.9 Å². The van der Waals surface area contributed by atoms with E-state index in [0.29, 0.717) is 22.2 Å². The fourth-order valence-corrected chi connectivity index (χ4v) is 3.98. The zero-order valence-corrected chi connectivity index (χ0v) is 18.1. The first kappa shape index (κ1) is 21.5. The highest BCUT2D eigenvalue weighted by atomic mass is 35.5. The Morgan fingerprint density at radius 2 is 2.03 bits per heavy atom. The minimum Gasteiger partial charge on any atom is -0.448 e. The van der Waals surface area contributed by atoms with E-state index in [1.54, 1.807) is 41.8 Å². The normalized spacial score (nSPS) is 11.8. The van der Waals surface area contributed by atoms with Gasteiger partial charge in [0.25, 0.3) is 11.6 Å². The molecule has 0 bridgehead atoms. The van der Waals surface area contributed by atoms with Crippen molar-refractivity contribution >= 4 is 56.5 Å². The Morgan fingerprint density at radius 3 is 2.78 bits per heavy atom. The van der Waals surface area contributed by atoms with Crippen LogP contribution in [0.25, 0.3) is 22.2 Å². The topological polar surface area (TPSA) is 127 Å². The lowest BCUT2D eigenvalue weighted by Gasteiger charge is -2.11. The summed E-state index contributed by atoms with van der Waals surface area (Å²) in [7, 11) is 0. The number of H-pyrrole nitrogens is 1. The summed E-state index contributed by atoms with van der Waals surface area (Å²) < 4.78 is 5.25. The van der Waals surface area contributed by atoms with Crippen LogP contribution in [0.3, 0.4) is 0 Å². The molecule has 2 aromatic carbocycles. The summed E-state index contributed by atoms with van der Waals surface area (Å²) in [5, 5.41) is 16.4. The van der Waals surface area contributed by atoms with Gasteiger partial charge in [-0.25, -0.2) is 9.78 Å². The molecule has 4 aromatic rings. The first-order chi connectivity index (χ1) is 15.3. The molecule has 2 N–H and O–H groups in total. The number of aromatic amines is 1. The van der Waals surface area contributed by atoms with Gasteiger partial charge in [-0.05, 0) is 13.0 Å². The Morgan fingerprint density at radius 1 is 1.25 bits per heavy atom. The number of hydrogen-bond acceptors (Lipinski definition) is 7. The van der Waals surface area contributed by atoms with Gasteiger partial charge in [-0.1, -0.05) is 41.9 Å². The van der Waals surface area contributed by atoms with Gasteiger partial charge in [-0.3, -0.25) is 20.2 Å². The number of nitro benzene ring substituents is 1. The van der Waals surface area contributed by atoms with Gasteiger partial charge in [0.2, 0.25) is 0 Å². The fourth-order valence-electron chi connectivity index (χ4n) is 2.97. The number of rotatable bonds is 6. The molecule has 0 saturated carbocycles. The van der Waals surface area contributed by atoms with Crippen LogP contribution in [0, 0.1) is 10.1 Å². The summed E-state index contributed by atoms with van der Waals surface area (Å²) >= 11 is 7.40. The summed E-state index contributed by atoms with van der Waals surface area (Å²) in [6.07, 6.45) is -1.12. The average Bonchev–Trinajstić information content (AvgIpc) is 3.38. The number of hydrogen-bond donors (Lipinski definition) is 2. The van der Waals surface area contributed by atoms with Gasteiger partial charge in [0.05, 0.1) is 15.6 Å². The van der Waals surface area contributed by atoms with Crippen molar-refractivity contribution < 1.29 is 19.2 Å². The molecular weight excluding hydrogens is 456 g/mol. The maximum absolute atomic E-state index is 12.5. The smallest absolute Gasteiger partial charge is 0.357 e. The highest BCUT2D eigenvalue weighted by Crippen LogP contribution is 2.29. The van der Waals surface area contributed by atoms with Crippen molar-refractivity contribution in [2.45, 2.75) is 13.0 Å². The largest absolute Gasteiger partial charge is 0.448 e. The van der Waals surface area contributed by atoms with E-state index in [2.05, 4.69) is 15.3 Å². The van der Waals surface area contributed by atoms with Crippen LogP contribution in [0.15, 0.2) is 53.9 Å². The number of carbonyl (C=O) groups is 2. The summed E-state index contributed by atoms with van der Waals surface area (Å²) in [5.41, 5.74) is 1.71. The lowest BCUT2D eigenvalue weighted by Crippen LogP contribution is -2.30.